The zero-order valence-corrected chi connectivity index (χ0v) is 13.0. The summed E-state index contributed by atoms with van der Waals surface area (Å²) in [6.07, 6.45) is 3.37. The van der Waals surface area contributed by atoms with Crippen LogP contribution in [-0.2, 0) is 9.53 Å². The van der Waals surface area contributed by atoms with Gasteiger partial charge in [-0.25, -0.2) is 0 Å². The van der Waals surface area contributed by atoms with Gasteiger partial charge in [0.2, 0.25) is 0 Å². The molecule has 4 heteroatoms. The molecule has 1 rings (SSSR count). The number of esters is 1. The van der Waals surface area contributed by atoms with Gasteiger partial charge in [-0.3, -0.25) is 9.59 Å². The Balaban J connectivity index is 2.38. The molecule has 0 N–H and O–H groups in total. The summed E-state index contributed by atoms with van der Waals surface area (Å²) in [5.74, 6) is 0.295. The highest BCUT2D eigenvalue weighted by Gasteiger charge is 2.06. The summed E-state index contributed by atoms with van der Waals surface area (Å²) < 4.78 is 5.08. The van der Waals surface area contributed by atoms with E-state index in [1.165, 1.54) is 11.8 Å². The Labute approximate surface area is 125 Å². The number of Topliss-reactive ketones (excluding diaryl/α,β-unsaturated/α-hetero) is 1. The van der Waals surface area contributed by atoms with Gasteiger partial charge in [0.25, 0.3) is 0 Å². The van der Waals surface area contributed by atoms with Gasteiger partial charge in [0.15, 0.2) is 5.78 Å². The van der Waals surface area contributed by atoms with E-state index in [1.807, 2.05) is 31.2 Å². The van der Waals surface area contributed by atoms with E-state index in [1.54, 1.807) is 0 Å². The van der Waals surface area contributed by atoms with Crippen LogP contribution in [0.4, 0.5) is 0 Å². The van der Waals surface area contributed by atoms with Crippen molar-refractivity contribution in [2.45, 2.75) is 44.4 Å². The fourth-order valence-electron chi connectivity index (χ4n) is 1.62. The third-order valence-electron chi connectivity index (χ3n) is 2.77. The molecule has 20 heavy (non-hydrogen) atoms. The van der Waals surface area contributed by atoms with Crippen molar-refractivity contribution in [2.24, 2.45) is 0 Å². The lowest BCUT2D eigenvalue weighted by Crippen LogP contribution is -2.08. The second kappa shape index (κ2) is 9.59. The Kier molecular flexibility index (Phi) is 8.04. The Bertz CT molecular complexity index is 426. The van der Waals surface area contributed by atoms with Crippen molar-refractivity contribution in [1.29, 1.82) is 0 Å². The Morgan fingerprint density at radius 2 is 1.80 bits per heavy atom. The molecule has 0 unspecified atom stereocenters. The molecule has 0 radical (unpaired) electrons. The van der Waals surface area contributed by atoms with Crippen LogP contribution in [0, 0.1) is 0 Å². The molecule has 1 aromatic rings. The van der Waals surface area contributed by atoms with Gasteiger partial charge in [0.05, 0.1) is 12.4 Å². The van der Waals surface area contributed by atoms with Crippen molar-refractivity contribution in [2.75, 3.05) is 12.4 Å². The highest BCUT2D eigenvalue weighted by atomic mass is 32.2. The van der Waals surface area contributed by atoms with Crippen LogP contribution in [0.5, 0.6) is 0 Å². The Morgan fingerprint density at radius 3 is 2.40 bits per heavy atom. The first-order chi connectivity index (χ1) is 9.67. The van der Waals surface area contributed by atoms with E-state index < -0.39 is 0 Å². The maximum Gasteiger partial charge on any atom is 0.316 e. The molecule has 0 fully saturated rings. The zero-order chi connectivity index (χ0) is 14.8. The number of benzene rings is 1. The molecule has 0 saturated carbocycles. The molecule has 0 amide bonds. The quantitative estimate of drug-likeness (QED) is 0.297. The van der Waals surface area contributed by atoms with E-state index in [0.29, 0.717) is 18.8 Å². The SMILES string of the molecule is CCCCOC(=O)CSc1ccc(C(=O)CCC)cc1. The lowest BCUT2D eigenvalue weighted by Gasteiger charge is -2.05. The number of unbranched alkanes of at least 4 members (excludes halogenated alkanes) is 1. The summed E-state index contributed by atoms with van der Waals surface area (Å²) in [4.78, 5) is 24.1. The van der Waals surface area contributed by atoms with Crippen LogP contribution in [0.2, 0.25) is 0 Å². The summed E-state index contributed by atoms with van der Waals surface area (Å²) >= 11 is 1.43. The fourth-order valence-corrected chi connectivity index (χ4v) is 2.32. The second-order valence-corrected chi connectivity index (χ2v) is 5.61. The predicted molar refractivity (Wildman–Crippen MR) is 82.3 cm³/mol. The number of rotatable bonds is 9. The number of ketones is 1. The molecule has 110 valence electrons. The average molecular weight is 294 g/mol. The molecule has 0 bridgehead atoms. The molecule has 0 atom stereocenters. The van der Waals surface area contributed by atoms with Crippen LogP contribution >= 0.6 is 11.8 Å². The van der Waals surface area contributed by atoms with E-state index in [4.69, 9.17) is 4.74 Å². The molecule has 0 aromatic heterocycles. The van der Waals surface area contributed by atoms with Crippen molar-refractivity contribution < 1.29 is 14.3 Å². The van der Waals surface area contributed by atoms with Gasteiger partial charge in [-0.05, 0) is 25.0 Å². The van der Waals surface area contributed by atoms with Gasteiger partial charge in [0, 0.05) is 16.9 Å². The van der Waals surface area contributed by atoms with Gasteiger partial charge in [0.1, 0.15) is 0 Å². The molecule has 0 aliphatic rings. The van der Waals surface area contributed by atoms with E-state index in [0.717, 1.165) is 29.7 Å². The maximum atomic E-state index is 11.7. The van der Waals surface area contributed by atoms with Crippen LogP contribution in [0.3, 0.4) is 0 Å². The summed E-state index contributed by atoms with van der Waals surface area (Å²) in [5, 5.41) is 0. The molecule has 0 heterocycles. The standard InChI is InChI=1S/C16H22O3S/c1-3-5-11-19-16(18)12-20-14-9-7-13(8-10-14)15(17)6-4-2/h7-10H,3-6,11-12H2,1-2H3. The number of ether oxygens (including phenoxy) is 1. The van der Waals surface area contributed by atoms with Gasteiger partial charge in [-0.1, -0.05) is 32.4 Å². The van der Waals surface area contributed by atoms with E-state index in [9.17, 15) is 9.59 Å². The van der Waals surface area contributed by atoms with Crippen LogP contribution in [0.25, 0.3) is 0 Å². The molecule has 0 spiro atoms. The van der Waals surface area contributed by atoms with E-state index in [2.05, 4.69) is 6.92 Å². The monoisotopic (exact) mass is 294 g/mol. The maximum absolute atomic E-state index is 11.7. The third-order valence-corrected chi connectivity index (χ3v) is 3.76. The van der Waals surface area contributed by atoms with Crippen molar-refractivity contribution in [3.8, 4) is 0 Å². The van der Waals surface area contributed by atoms with Crippen molar-refractivity contribution in [1.82, 2.24) is 0 Å². The van der Waals surface area contributed by atoms with Crippen LogP contribution < -0.4 is 0 Å². The van der Waals surface area contributed by atoms with Gasteiger partial charge in [-0.2, -0.15) is 0 Å². The first kappa shape index (κ1) is 16.8. The number of carbonyl (C=O) groups excluding carboxylic acids is 2. The molecular weight excluding hydrogens is 272 g/mol. The highest BCUT2D eigenvalue weighted by Crippen LogP contribution is 2.19. The normalized spacial score (nSPS) is 10.3. The zero-order valence-electron chi connectivity index (χ0n) is 12.2. The molecule has 0 aliphatic heterocycles. The number of hydrogen-bond acceptors (Lipinski definition) is 4. The first-order valence-electron chi connectivity index (χ1n) is 7.09. The highest BCUT2D eigenvalue weighted by molar-refractivity contribution is 8.00. The van der Waals surface area contributed by atoms with Crippen LogP contribution in [0.1, 0.15) is 49.9 Å². The molecule has 0 aliphatic carbocycles. The third kappa shape index (κ3) is 6.24. The van der Waals surface area contributed by atoms with E-state index >= 15 is 0 Å². The van der Waals surface area contributed by atoms with Gasteiger partial charge >= 0.3 is 5.97 Å². The number of carbonyl (C=O) groups is 2. The summed E-state index contributed by atoms with van der Waals surface area (Å²) in [5.41, 5.74) is 0.738. The minimum absolute atomic E-state index is 0.169. The average Bonchev–Trinajstić information content (AvgIpc) is 2.46. The minimum Gasteiger partial charge on any atom is -0.465 e. The summed E-state index contributed by atoms with van der Waals surface area (Å²) in [7, 11) is 0. The number of hydrogen-bond donors (Lipinski definition) is 0. The van der Waals surface area contributed by atoms with Crippen molar-refractivity contribution in [3.05, 3.63) is 29.8 Å². The van der Waals surface area contributed by atoms with E-state index in [-0.39, 0.29) is 11.8 Å². The Hall–Kier alpha value is -1.29. The summed E-state index contributed by atoms with van der Waals surface area (Å²) in [6.45, 7) is 4.55. The van der Waals surface area contributed by atoms with Gasteiger partial charge in [-0.15, -0.1) is 11.8 Å². The van der Waals surface area contributed by atoms with Crippen LogP contribution in [0.15, 0.2) is 29.2 Å². The molecular formula is C16H22O3S. The second-order valence-electron chi connectivity index (χ2n) is 4.56. The first-order valence-corrected chi connectivity index (χ1v) is 8.07. The lowest BCUT2D eigenvalue weighted by molar-refractivity contribution is -0.140. The lowest BCUT2D eigenvalue weighted by atomic mass is 10.1. The fraction of sp³-hybridized carbons (Fsp3) is 0.500. The molecule has 3 nitrogen and oxygen atoms in total. The molecule has 1 aromatic carbocycles. The predicted octanol–water partition coefficient (Wildman–Crippen LogP) is 4.10. The largest absolute Gasteiger partial charge is 0.465 e. The van der Waals surface area contributed by atoms with Crippen molar-refractivity contribution >= 4 is 23.5 Å². The Morgan fingerprint density at radius 1 is 1.10 bits per heavy atom. The topological polar surface area (TPSA) is 43.4 Å². The summed E-state index contributed by atoms with van der Waals surface area (Å²) in [6, 6.07) is 7.41. The minimum atomic E-state index is -0.186. The smallest absolute Gasteiger partial charge is 0.316 e. The van der Waals surface area contributed by atoms with Gasteiger partial charge < -0.3 is 4.74 Å². The number of thioether (sulfide) groups is 1. The van der Waals surface area contributed by atoms with Crippen LogP contribution in [-0.4, -0.2) is 24.1 Å². The van der Waals surface area contributed by atoms with Crippen molar-refractivity contribution in [3.63, 3.8) is 0 Å². The molecule has 0 saturated heterocycles.